The smallest absolute Gasteiger partial charge is 0.316 e. The van der Waals surface area contributed by atoms with E-state index in [-0.39, 0.29) is 24.0 Å². The summed E-state index contributed by atoms with van der Waals surface area (Å²) in [5.41, 5.74) is 0.701. The zero-order valence-electron chi connectivity index (χ0n) is 13.2. The Hall–Kier alpha value is -2.74. The molecule has 130 valence electrons. The van der Waals surface area contributed by atoms with Crippen LogP contribution in [0.2, 0.25) is 0 Å². The predicted octanol–water partition coefficient (Wildman–Crippen LogP) is 3.20. The average Bonchev–Trinajstić information content (AvgIpc) is 2.65. The van der Waals surface area contributed by atoms with E-state index in [0.717, 1.165) is 4.90 Å². The van der Waals surface area contributed by atoms with Crippen molar-refractivity contribution in [3.8, 4) is 11.5 Å². The lowest BCUT2D eigenvalue weighted by atomic mass is 10.2. The molecule has 1 aliphatic rings. The molecule has 1 aliphatic heterocycles. The standard InChI is InChI=1S/C17H15NO6S/c19-17(24-10-12-1-3-13(4-2-12)18(20)21)11-25-14-5-6-15-16(9-14)23-8-7-22-15/h1-6,9H,7-8,10-11H2. The van der Waals surface area contributed by atoms with Gasteiger partial charge in [0, 0.05) is 17.0 Å². The molecule has 8 heteroatoms. The molecule has 0 atom stereocenters. The summed E-state index contributed by atoms with van der Waals surface area (Å²) in [6.45, 7) is 1.13. The van der Waals surface area contributed by atoms with Crippen LogP contribution >= 0.6 is 11.8 Å². The average molecular weight is 361 g/mol. The number of carbonyl (C=O) groups is 1. The Kier molecular flexibility index (Phi) is 5.39. The maximum atomic E-state index is 11.8. The Morgan fingerprint density at radius 2 is 1.84 bits per heavy atom. The van der Waals surface area contributed by atoms with E-state index in [4.69, 9.17) is 14.2 Å². The number of benzene rings is 2. The topological polar surface area (TPSA) is 87.9 Å². The SMILES string of the molecule is O=C(CSc1ccc2c(c1)OCCO2)OCc1ccc([N+](=O)[O-])cc1. The van der Waals surface area contributed by atoms with Gasteiger partial charge in [0.25, 0.3) is 5.69 Å². The number of fused-ring (bicyclic) bond motifs is 1. The minimum Gasteiger partial charge on any atom is -0.486 e. The second-order valence-corrected chi connectivity index (χ2v) is 6.23. The van der Waals surface area contributed by atoms with E-state index < -0.39 is 4.92 Å². The number of non-ortho nitro benzene ring substituents is 1. The van der Waals surface area contributed by atoms with Crippen LogP contribution in [0.25, 0.3) is 0 Å². The van der Waals surface area contributed by atoms with Crippen molar-refractivity contribution in [1.29, 1.82) is 0 Å². The highest BCUT2D eigenvalue weighted by atomic mass is 32.2. The largest absolute Gasteiger partial charge is 0.486 e. The van der Waals surface area contributed by atoms with Crippen LogP contribution in [0.4, 0.5) is 5.69 Å². The first-order valence-electron chi connectivity index (χ1n) is 7.53. The zero-order chi connectivity index (χ0) is 17.6. The number of esters is 1. The fourth-order valence-corrected chi connectivity index (χ4v) is 2.90. The van der Waals surface area contributed by atoms with Gasteiger partial charge in [0.1, 0.15) is 19.8 Å². The highest BCUT2D eigenvalue weighted by Gasteiger charge is 2.13. The summed E-state index contributed by atoms with van der Waals surface area (Å²) in [7, 11) is 0. The molecule has 2 aromatic rings. The summed E-state index contributed by atoms with van der Waals surface area (Å²) >= 11 is 1.34. The van der Waals surface area contributed by atoms with Crippen LogP contribution in [0.15, 0.2) is 47.4 Å². The van der Waals surface area contributed by atoms with Crippen LogP contribution in [-0.4, -0.2) is 29.9 Å². The van der Waals surface area contributed by atoms with Gasteiger partial charge >= 0.3 is 5.97 Å². The van der Waals surface area contributed by atoms with Gasteiger partial charge in [-0.3, -0.25) is 14.9 Å². The van der Waals surface area contributed by atoms with Crippen LogP contribution in [0.1, 0.15) is 5.56 Å². The Balaban J connectivity index is 1.47. The molecule has 0 bridgehead atoms. The van der Waals surface area contributed by atoms with Crippen molar-refractivity contribution in [2.24, 2.45) is 0 Å². The van der Waals surface area contributed by atoms with Gasteiger partial charge in [0.05, 0.1) is 10.7 Å². The summed E-state index contributed by atoms with van der Waals surface area (Å²) in [5.74, 6) is 1.18. The van der Waals surface area contributed by atoms with E-state index in [2.05, 4.69) is 0 Å². The molecule has 3 rings (SSSR count). The van der Waals surface area contributed by atoms with Gasteiger partial charge < -0.3 is 14.2 Å². The summed E-state index contributed by atoms with van der Waals surface area (Å²) < 4.78 is 16.1. The number of nitro benzene ring substituents is 1. The third kappa shape index (κ3) is 4.63. The third-order valence-electron chi connectivity index (χ3n) is 3.42. The van der Waals surface area contributed by atoms with Crippen molar-refractivity contribution in [2.45, 2.75) is 11.5 Å². The van der Waals surface area contributed by atoms with Crippen molar-refractivity contribution >= 4 is 23.4 Å². The Morgan fingerprint density at radius 3 is 2.56 bits per heavy atom. The lowest BCUT2D eigenvalue weighted by Crippen LogP contribution is -2.15. The number of carbonyl (C=O) groups excluding carboxylic acids is 1. The third-order valence-corrected chi connectivity index (χ3v) is 4.38. The molecule has 0 saturated heterocycles. The van der Waals surface area contributed by atoms with Crippen LogP contribution in [0.3, 0.4) is 0 Å². The van der Waals surface area contributed by atoms with E-state index in [1.807, 2.05) is 18.2 Å². The number of nitrogens with zero attached hydrogens (tertiary/aromatic N) is 1. The van der Waals surface area contributed by atoms with Gasteiger partial charge in [-0.1, -0.05) is 0 Å². The number of ether oxygens (including phenoxy) is 3. The Labute approximate surface area is 148 Å². The van der Waals surface area contributed by atoms with Crippen LogP contribution in [0.5, 0.6) is 11.5 Å². The van der Waals surface area contributed by atoms with Crippen molar-refractivity contribution in [3.63, 3.8) is 0 Å². The lowest BCUT2D eigenvalue weighted by molar-refractivity contribution is -0.384. The lowest BCUT2D eigenvalue weighted by Gasteiger charge is -2.18. The van der Waals surface area contributed by atoms with Crippen molar-refractivity contribution in [1.82, 2.24) is 0 Å². The fourth-order valence-electron chi connectivity index (χ4n) is 2.18. The summed E-state index contributed by atoms with van der Waals surface area (Å²) in [6.07, 6.45) is 0. The van der Waals surface area contributed by atoms with Crippen molar-refractivity contribution in [3.05, 3.63) is 58.1 Å². The first kappa shape index (κ1) is 17.1. The van der Waals surface area contributed by atoms with Crippen molar-refractivity contribution < 1.29 is 23.9 Å². The maximum Gasteiger partial charge on any atom is 0.316 e. The Bertz CT molecular complexity index is 777. The predicted molar refractivity (Wildman–Crippen MR) is 91.0 cm³/mol. The number of nitro groups is 1. The molecule has 2 aromatic carbocycles. The minimum atomic E-state index is -0.472. The van der Waals surface area contributed by atoms with E-state index in [9.17, 15) is 14.9 Å². The zero-order valence-corrected chi connectivity index (χ0v) is 14.0. The first-order chi connectivity index (χ1) is 12.1. The van der Waals surface area contributed by atoms with Crippen molar-refractivity contribution in [2.75, 3.05) is 19.0 Å². The van der Waals surface area contributed by atoms with E-state index in [1.165, 1.54) is 23.9 Å². The summed E-state index contributed by atoms with van der Waals surface area (Å²) in [6, 6.07) is 11.4. The maximum absolute atomic E-state index is 11.8. The van der Waals surface area contributed by atoms with E-state index in [0.29, 0.717) is 30.3 Å². The molecule has 0 aromatic heterocycles. The van der Waals surface area contributed by atoms with Crippen LogP contribution < -0.4 is 9.47 Å². The van der Waals surface area contributed by atoms with Gasteiger partial charge in [0.15, 0.2) is 11.5 Å². The molecule has 0 fully saturated rings. The second kappa shape index (κ2) is 7.89. The number of hydrogen-bond acceptors (Lipinski definition) is 7. The quantitative estimate of drug-likeness (QED) is 0.338. The monoisotopic (exact) mass is 361 g/mol. The normalized spacial score (nSPS) is 12.5. The molecule has 0 aliphatic carbocycles. The molecular weight excluding hydrogens is 346 g/mol. The molecule has 0 unspecified atom stereocenters. The molecule has 0 radical (unpaired) electrons. The van der Waals surface area contributed by atoms with Crippen LogP contribution in [0, 0.1) is 10.1 Å². The van der Waals surface area contributed by atoms with Gasteiger partial charge in [-0.2, -0.15) is 0 Å². The highest BCUT2D eigenvalue weighted by Crippen LogP contribution is 2.34. The Morgan fingerprint density at radius 1 is 1.12 bits per heavy atom. The number of thioether (sulfide) groups is 1. The summed E-state index contributed by atoms with van der Waals surface area (Å²) in [4.78, 5) is 22.8. The molecule has 0 N–H and O–H groups in total. The van der Waals surface area contributed by atoms with Crippen LogP contribution in [-0.2, 0) is 16.1 Å². The number of rotatable bonds is 6. The molecule has 0 amide bonds. The molecule has 0 spiro atoms. The molecular formula is C17H15NO6S. The second-order valence-electron chi connectivity index (χ2n) is 5.18. The van der Waals surface area contributed by atoms with E-state index >= 15 is 0 Å². The molecule has 25 heavy (non-hydrogen) atoms. The number of hydrogen-bond donors (Lipinski definition) is 0. The molecule has 0 saturated carbocycles. The van der Waals surface area contributed by atoms with Gasteiger partial charge in [0.2, 0.25) is 0 Å². The van der Waals surface area contributed by atoms with Gasteiger partial charge in [-0.15, -0.1) is 11.8 Å². The fraction of sp³-hybridized carbons (Fsp3) is 0.235. The van der Waals surface area contributed by atoms with Gasteiger partial charge in [-0.05, 0) is 35.9 Å². The minimum absolute atomic E-state index is 0.00393. The molecule has 1 heterocycles. The highest BCUT2D eigenvalue weighted by molar-refractivity contribution is 8.00. The first-order valence-corrected chi connectivity index (χ1v) is 8.52. The van der Waals surface area contributed by atoms with E-state index in [1.54, 1.807) is 12.1 Å². The summed E-state index contributed by atoms with van der Waals surface area (Å²) in [5, 5.41) is 10.6. The molecule has 7 nitrogen and oxygen atoms in total. The van der Waals surface area contributed by atoms with Gasteiger partial charge in [-0.25, -0.2) is 0 Å².